The van der Waals surface area contributed by atoms with Crippen molar-refractivity contribution < 1.29 is 4.79 Å². The molecule has 1 amide bonds. The second kappa shape index (κ2) is 6.61. The van der Waals surface area contributed by atoms with Gasteiger partial charge in [-0.05, 0) is 13.0 Å². The number of amides is 1. The minimum atomic E-state index is -0.231. The Kier molecular flexibility index (Phi) is 4.02. The fourth-order valence-corrected chi connectivity index (χ4v) is 4.03. The van der Waals surface area contributed by atoms with Crippen molar-refractivity contribution in [1.82, 2.24) is 39.2 Å². The highest BCUT2D eigenvalue weighted by Gasteiger charge is 2.32. The van der Waals surface area contributed by atoms with Crippen LogP contribution in [0, 0.1) is 0 Å². The van der Waals surface area contributed by atoms with Crippen molar-refractivity contribution in [3.05, 3.63) is 58.5 Å². The van der Waals surface area contributed by atoms with E-state index < -0.39 is 0 Å². The Morgan fingerprint density at radius 3 is 2.63 bits per heavy atom. The van der Waals surface area contributed by atoms with E-state index in [2.05, 4.69) is 20.4 Å². The van der Waals surface area contributed by atoms with Crippen molar-refractivity contribution in [2.75, 3.05) is 6.54 Å². The maximum absolute atomic E-state index is 13.4. The molecule has 0 saturated carbocycles. The molecule has 0 spiro atoms. The molecule has 0 radical (unpaired) electrons. The van der Waals surface area contributed by atoms with E-state index in [0.29, 0.717) is 29.7 Å². The summed E-state index contributed by atoms with van der Waals surface area (Å²) in [5.41, 5.74) is 0.920. The van der Waals surface area contributed by atoms with Gasteiger partial charge < -0.3 is 9.47 Å². The first-order chi connectivity index (χ1) is 14.4. The molecule has 1 aliphatic rings. The van der Waals surface area contributed by atoms with E-state index in [1.807, 2.05) is 24.7 Å². The fraction of sp³-hybridized carbons (Fsp3) is 0.300. The number of hydrogen-bond donors (Lipinski definition) is 0. The molecule has 1 aliphatic heterocycles. The number of aryl methyl sites for hydroxylation is 2. The van der Waals surface area contributed by atoms with Crippen molar-refractivity contribution in [2.24, 2.45) is 14.1 Å². The Labute approximate surface area is 171 Å². The SMILES string of the molecule is C[C@H]1CN(C(=O)c2nn(C)c(=O)c3ccccc23)Cc2nnc(-c3cnn(C)c3)n21. The predicted octanol–water partition coefficient (Wildman–Crippen LogP) is 1.14. The number of aromatic nitrogens is 7. The number of benzene rings is 1. The Morgan fingerprint density at radius 2 is 1.90 bits per heavy atom. The van der Waals surface area contributed by atoms with E-state index in [9.17, 15) is 9.59 Å². The van der Waals surface area contributed by atoms with Gasteiger partial charge in [0, 0.05) is 32.2 Å². The van der Waals surface area contributed by atoms with Crippen LogP contribution >= 0.6 is 0 Å². The number of fused-ring (bicyclic) bond motifs is 2. The van der Waals surface area contributed by atoms with Gasteiger partial charge in [-0.25, -0.2) is 4.68 Å². The Hall–Kier alpha value is -3.82. The van der Waals surface area contributed by atoms with Gasteiger partial charge in [-0.3, -0.25) is 14.3 Å². The first kappa shape index (κ1) is 18.2. The highest BCUT2D eigenvalue weighted by atomic mass is 16.2. The van der Waals surface area contributed by atoms with Gasteiger partial charge in [0.15, 0.2) is 17.3 Å². The van der Waals surface area contributed by atoms with Crippen molar-refractivity contribution in [1.29, 1.82) is 0 Å². The molecule has 152 valence electrons. The van der Waals surface area contributed by atoms with Crippen molar-refractivity contribution in [2.45, 2.75) is 19.5 Å². The van der Waals surface area contributed by atoms with Gasteiger partial charge >= 0.3 is 0 Å². The van der Waals surface area contributed by atoms with E-state index in [1.54, 1.807) is 47.1 Å². The molecule has 0 aliphatic carbocycles. The van der Waals surface area contributed by atoms with E-state index in [1.165, 1.54) is 4.68 Å². The monoisotopic (exact) mass is 404 g/mol. The van der Waals surface area contributed by atoms with Gasteiger partial charge in [0.2, 0.25) is 0 Å². The molecule has 1 atom stereocenters. The largest absolute Gasteiger partial charge is 0.328 e. The zero-order valence-electron chi connectivity index (χ0n) is 16.8. The summed E-state index contributed by atoms with van der Waals surface area (Å²) < 4.78 is 4.98. The lowest BCUT2D eigenvalue weighted by molar-refractivity contribution is 0.0676. The lowest BCUT2D eigenvalue weighted by atomic mass is 10.1. The average Bonchev–Trinajstić information content (AvgIpc) is 3.36. The lowest BCUT2D eigenvalue weighted by Crippen LogP contribution is -2.41. The first-order valence-corrected chi connectivity index (χ1v) is 9.62. The number of carbonyl (C=O) groups excluding carboxylic acids is 1. The zero-order valence-corrected chi connectivity index (χ0v) is 16.8. The van der Waals surface area contributed by atoms with E-state index >= 15 is 0 Å². The van der Waals surface area contributed by atoms with Gasteiger partial charge in [0.25, 0.3) is 11.5 Å². The summed E-state index contributed by atoms with van der Waals surface area (Å²) in [4.78, 5) is 27.5. The summed E-state index contributed by atoms with van der Waals surface area (Å²) in [5, 5.41) is 18.2. The van der Waals surface area contributed by atoms with Crippen LogP contribution in [0.25, 0.3) is 22.2 Å². The van der Waals surface area contributed by atoms with Crippen LogP contribution in [-0.2, 0) is 20.6 Å². The Balaban J connectivity index is 1.53. The second-order valence-electron chi connectivity index (χ2n) is 7.57. The van der Waals surface area contributed by atoms with Gasteiger partial charge in [0.1, 0.15) is 0 Å². The number of nitrogens with zero attached hydrogens (tertiary/aromatic N) is 8. The summed E-state index contributed by atoms with van der Waals surface area (Å²) in [5.74, 6) is 1.21. The predicted molar refractivity (Wildman–Crippen MR) is 109 cm³/mol. The van der Waals surface area contributed by atoms with E-state index in [0.717, 1.165) is 11.4 Å². The van der Waals surface area contributed by atoms with E-state index in [-0.39, 0.29) is 23.2 Å². The lowest BCUT2D eigenvalue weighted by Gasteiger charge is -2.32. The van der Waals surface area contributed by atoms with Gasteiger partial charge in [-0.2, -0.15) is 10.2 Å². The molecule has 0 unspecified atom stereocenters. The highest BCUT2D eigenvalue weighted by Crippen LogP contribution is 2.28. The zero-order chi connectivity index (χ0) is 21.0. The molecule has 4 aromatic rings. The highest BCUT2D eigenvalue weighted by molar-refractivity contribution is 6.04. The molecule has 0 bridgehead atoms. The molecule has 5 rings (SSSR count). The number of hydrogen-bond acceptors (Lipinski definition) is 6. The van der Waals surface area contributed by atoms with Gasteiger partial charge in [-0.1, -0.05) is 18.2 Å². The first-order valence-electron chi connectivity index (χ1n) is 9.62. The topological polar surface area (TPSA) is 104 Å². The molecule has 1 aromatic carbocycles. The Morgan fingerprint density at radius 1 is 1.13 bits per heavy atom. The second-order valence-corrected chi connectivity index (χ2v) is 7.57. The molecule has 3 aromatic heterocycles. The third-order valence-corrected chi connectivity index (χ3v) is 5.43. The van der Waals surface area contributed by atoms with Crippen molar-refractivity contribution >= 4 is 16.7 Å². The van der Waals surface area contributed by atoms with Crippen LogP contribution in [0.5, 0.6) is 0 Å². The van der Waals surface area contributed by atoms with Crippen molar-refractivity contribution in [3.63, 3.8) is 0 Å². The molecule has 10 heteroatoms. The van der Waals surface area contributed by atoms with Crippen LogP contribution in [0.15, 0.2) is 41.5 Å². The molecule has 0 fully saturated rings. The quantitative estimate of drug-likeness (QED) is 0.496. The van der Waals surface area contributed by atoms with Crippen LogP contribution in [0.1, 0.15) is 29.3 Å². The van der Waals surface area contributed by atoms with Crippen LogP contribution in [0.3, 0.4) is 0 Å². The van der Waals surface area contributed by atoms with Crippen LogP contribution < -0.4 is 5.56 Å². The van der Waals surface area contributed by atoms with Crippen LogP contribution in [0.4, 0.5) is 0 Å². The van der Waals surface area contributed by atoms with Crippen LogP contribution in [-0.4, -0.2) is 51.7 Å². The molecule has 0 saturated heterocycles. The van der Waals surface area contributed by atoms with Crippen LogP contribution in [0.2, 0.25) is 0 Å². The maximum Gasteiger partial charge on any atom is 0.275 e. The fourth-order valence-electron chi connectivity index (χ4n) is 4.03. The maximum atomic E-state index is 13.4. The van der Waals surface area contributed by atoms with E-state index in [4.69, 9.17) is 0 Å². The van der Waals surface area contributed by atoms with Gasteiger partial charge in [-0.15, -0.1) is 10.2 Å². The normalized spacial score (nSPS) is 16.1. The summed E-state index contributed by atoms with van der Waals surface area (Å²) in [6, 6.07) is 7.03. The average molecular weight is 404 g/mol. The minimum Gasteiger partial charge on any atom is -0.328 e. The molecular weight excluding hydrogens is 384 g/mol. The summed E-state index contributed by atoms with van der Waals surface area (Å²) in [6.45, 7) is 2.82. The van der Waals surface area contributed by atoms with Crippen molar-refractivity contribution in [3.8, 4) is 11.4 Å². The molecule has 0 N–H and O–H groups in total. The summed E-state index contributed by atoms with van der Waals surface area (Å²) in [7, 11) is 3.41. The summed E-state index contributed by atoms with van der Waals surface area (Å²) >= 11 is 0. The minimum absolute atomic E-state index is 0.0262. The summed E-state index contributed by atoms with van der Waals surface area (Å²) in [6.07, 6.45) is 3.64. The number of carbonyl (C=O) groups is 1. The van der Waals surface area contributed by atoms with Gasteiger partial charge in [0.05, 0.1) is 29.7 Å². The Bertz CT molecular complexity index is 1350. The third-order valence-electron chi connectivity index (χ3n) is 5.43. The standard InChI is InChI=1S/C20H20N8O2/c1-12-9-27(11-16-22-23-18(28(12)16)13-8-21-25(2)10-13)20(30)17-14-6-4-5-7-15(14)19(29)26(3)24-17/h4-8,10,12H,9,11H2,1-3H3/t12-/m0/s1. The molecule has 30 heavy (non-hydrogen) atoms. The third kappa shape index (κ3) is 2.71. The molecular formula is C20H20N8O2. The smallest absolute Gasteiger partial charge is 0.275 e. The molecule has 10 nitrogen and oxygen atoms in total. The molecule has 4 heterocycles. The number of rotatable bonds is 2.